The first kappa shape index (κ1) is 16.9. The molecule has 0 aliphatic heterocycles. The molecule has 0 aromatic rings. The third-order valence-electron chi connectivity index (χ3n) is 4.09. The number of ether oxygens (including phenoxy) is 1. The molecule has 0 spiro atoms. The van der Waals surface area contributed by atoms with E-state index in [-0.39, 0.29) is 22.8 Å². The van der Waals surface area contributed by atoms with Crippen LogP contribution in [0.5, 0.6) is 0 Å². The van der Waals surface area contributed by atoms with Crippen LogP contribution in [-0.4, -0.2) is 42.5 Å². The molecular weight excluding hydrogens is 276 g/mol. The van der Waals surface area contributed by atoms with Crippen LogP contribution in [0.1, 0.15) is 39.0 Å². The Morgan fingerprint density at radius 2 is 1.90 bits per heavy atom. The standard InChI is InChI=1S/C14H24N2O3S/c1-10(11(17)19-3)9-16(2)13(18)14(12(15)20)7-5-4-6-8-14/h10H,4-9H2,1-3H3,(H2,15,20). The van der Waals surface area contributed by atoms with Gasteiger partial charge in [-0.2, -0.15) is 0 Å². The maximum absolute atomic E-state index is 12.7. The van der Waals surface area contributed by atoms with Gasteiger partial charge in [-0.1, -0.05) is 38.4 Å². The van der Waals surface area contributed by atoms with E-state index in [1.54, 1.807) is 18.9 Å². The number of methoxy groups -OCH3 is 1. The summed E-state index contributed by atoms with van der Waals surface area (Å²) in [5, 5.41) is 0. The normalized spacial score (nSPS) is 18.9. The largest absolute Gasteiger partial charge is 0.469 e. The zero-order valence-electron chi connectivity index (χ0n) is 12.5. The van der Waals surface area contributed by atoms with Crippen LogP contribution in [0.15, 0.2) is 0 Å². The molecule has 6 heteroatoms. The molecule has 1 unspecified atom stereocenters. The molecule has 20 heavy (non-hydrogen) atoms. The van der Waals surface area contributed by atoms with E-state index >= 15 is 0 Å². The zero-order valence-corrected chi connectivity index (χ0v) is 13.3. The van der Waals surface area contributed by atoms with Gasteiger partial charge in [0.25, 0.3) is 0 Å². The van der Waals surface area contributed by atoms with Crippen LogP contribution in [0.4, 0.5) is 0 Å². The van der Waals surface area contributed by atoms with E-state index in [4.69, 9.17) is 18.0 Å². The predicted molar refractivity (Wildman–Crippen MR) is 81.1 cm³/mol. The Morgan fingerprint density at radius 1 is 1.35 bits per heavy atom. The van der Waals surface area contributed by atoms with Crippen LogP contribution in [-0.2, 0) is 14.3 Å². The van der Waals surface area contributed by atoms with Crippen molar-refractivity contribution in [2.75, 3.05) is 20.7 Å². The van der Waals surface area contributed by atoms with Gasteiger partial charge in [0.1, 0.15) is 0 Å². The molecule has 114 valence electrons. The number of rotatable bonds is 5. The fourth-order valence-corrected chi connectivity index (χ4v) is 3.15. The number of carbonyl (C=O) groups is 2. The van der Waals surface area contributed by atoms with E-state index < -0.39 is 5.41 Å². The van der Waals surface area contributed by atoms with Crippen molar-refractivity contribution in [2.45, 2.75) is 39.0 Å². The van der Waals surface area contributed by atoms with E-state index in [9.17, 15) is 9.59 Å². The lowest BCUT2D eigenvalue weighted by atomic mass is 9.73. The van der Waals surface area contributed by atoms with Crippen molar-refractivity contribution in [2.24, 2.45) is 17.1 Å². The van der Waals surface area contributed by atoms with Crippen LogP contribution in [0, 0.1) is 11.3 Å². The summed E-state index contributed by atoms with van der Waals surface area (Å²) in [5.74, 6) is -0.751. The van der Waals surface area contributed by atoms with Gasteiger partial charge in [-0.3, -0.25) is 9.59 Å². The second-order valence-corrected chi connectivity index (χ2v) is 6.06. The van der Waals surface area contributed by atoms with Gasteiger partial charge >= 0.3 is 5.97 Å². The first-order valence-electron chi connectivity index (χ1n) is 6.98. The highest BCUT2D eigenvalue weighted by Gasteiger charge is 2.44. The molecule has 0 aromatic carbocycles. The number of thiocarbonyl (C=S) groups is 1. The van der Waals surface area contributed by atoms with Crippen molar-refractivity contribution in [3.05, 3.63) is 0 Å². The number of hydrogen-bond acceptors (Lipinski definition) is 4. The highest BCUT2D eigenvalue weighted by molar-refractivity contribution is 7.80. The van der Waals surface area contributed by atoms with Crippen LogP contribution in [0.25, 0.3) is 0 Å². The van der Waals surface area contributed by atoms with E-state index in [1.807, 2.05) is 0 Å². The molecular formula is C14H24N2O3S. The molecule has 1 saturated carbocycles. The number of nitrogens with two attached hydrogens (primary N) is 1. The van der Waals surface area contributed by atoms with Crippen LogP contribution >= 0.6 is 12.2 Å². The maximum Gasteiger partial charge on any atom is 0.310 e. The van der Waals surface area contributed by atoms with Gasteiger partial charge in [-0.05, 0) is 12.8 Å². The second-order valence-electron chi connectivity index (χ2n) is 5.62. The number of carbonyl (C=O) groups excluding carboxylic acids is 2. The van der Waals surface area contributed by atoms with Crippen molar-refractivity contribution in [3.8, 4) is 0 Å². The van der Waals surface area contributed by atoms with Crippen molar-refractivity contribution in [1.82, 2.24) is 4.90 Å². The quantitative estimate of drug-likeness (QED) is 0.615. The second kappa shape index (κ2) is 7.02. The number of hydrogen-bond donors (Lipinski definition) is 1. The minimum absolute atomic E-state index is 0.0690. The van der Waals surface area contributed by atoms with Crippen LogP contribution in [0.3, 0.4) is 0 Å². The third kappa shape index (κ3) is 3.48. The monoisotopic (exact) mass is 300 g/mol. The third-order valence-corrected chi connectivity index (χ3v) is 4.48. The molecule has 1 aliphatic rings. The van der Waals surface area contributed by atoms with Crippen molar-refractivity contribution < 1.29 is 14.3 Å². The molecule has 1 rings (SSSR count). The zero-order chi connectivity index (χ0) is 15.3. The van der Waals surface area contributed by atoms with Gasteiger partial charge in [-0.25, -0.2) is 0 Å². The minimum Gasteiger partial charge on any atom is -0.469 e. The summed E-state index contributed by atoms with van der Waals surface area (Å²) in [6.07, 6.45) is 4.45. The summed E-state index contributed by atoms with van der Waals surface area (Å²) in [6, 6.07) is 0. The minimum atomic E-state index is -0.724. The van der Waals surface area contributed by atoms with Gasteiger partial charge in [0.2, 0.25) is 5.91 Å². The summed E-state index contributed by atoms with van der Waals surface area (Å²) in [6.45, 7) is 2.06. The Morgan fingerprint density at radius 3 is 2.35 bits per heavy atom. The van der Waals surface area contributed by atoms with Gasteiger partial charge in [-0.15, -0.1) is 0 Å². The Kier molecular flexibility index (Phi) is 5.92. The van der Waals surface area contributed by atoms with Crippen molar-refractivity contribution in [3.63, 3.8) is 0 Å². The molecule has 0 aromatic heterocycles. The highest BCUT2D eigenvalue weighted by Crippen LogP contribution is 2.38. The van der Waals surface area contributed by atoms with Gasteiger partial charge in [0, 0.05) is 13.6 Å². The first-order valence-corrected chi connectivity index (χ1v) is 7.39. The molecule has 1 fully saturated rings. The summed E-state index contributed by atoms with van der Waals surface area (Å²) in [5.41, 5.74) is 5.13. The summed E-state index contributed by atoms with van der Waals surface area (Å²) in [7, 11) is 3.04. The Hall–Kier alpha value is -1.17. The fourth-order valence-electron chi connectivity index (χ4n) is 2.86. The van der Waals surface area contributed by atoms with E-state index in [2.05, 4.69) is 4.74 Å². The topological polar surface area (TPSA) is 72.6 Å². The lowest BCUT2D eigenvalue weighted by molar-refractivity contribution is -0.147. The van der Waals surface area contributed by atoms with Gasteiger partial charge in [0.05, 0.1) is 23.4 Å². The molecule has 0 radical (unpaired) electrons. The first-order chi connectivity index (χ1) is 9.35. The van der Waals surface area contributed by atoms with Gasteiger partial charge < -0.3 is 15.4 Å². The average Bonchev–Trinajstić information content (AvgIpc) is 2.45. The van der Waals surface area contributed by atoms with Crippen LogP contribution < -0.4 is 5.73 Å². The Labute approximate surface area is 125 Å². The maximum atomic E-state index is 12.7. The molecule has 0 saturated heterocycles. The average molecular weight is 300 g/mol. The highest BCUT2D eigenvalue weighted by atomic mass is 32.1. The molecule has 1 aliphatic carbocycles. The number of amides is 1. The fraction of sp³-hybridized carbons (Fsp3) is 0.786. The van der Waals surface area contributed by atoms with Gasteiger partial charge in [0.15, 0.2) is 0 Å². The van der Waals surface area contributed by atoms with E-state index in [0.29, 0.717) is 19.4 Å². The summed E-state index contributed by atoms with van der Waals surface area (Å²) >= 11 is 5.15. The molecule has 0 bridgehead atoms. The van der Waals surface area contributed by atoms with Crippen LogP contribution in [0.2, 0.25) is 0 Å². The smallest absolute Gasteiger partial charge is 0.310 e. The Bertz CT molecular complexity index is 392. The lowest BCUT2D eigenvalue weighted by Gasteiger charge is -2.38. The number of nitrogens with zero attached hydrogens (tertiary/aromatic N) is 1. The van der Waals surface area contributed by atoms with Crippen molar-refractivity contribution in [1.29, 1.82) is 0 Å². The molecule has 1 atom stereocenters. The lowest BCUT2D eigenvalue weighted by Crippen LogP contribution is -2.51. The Balaban J connectivity index is 2.79. The number of esters is 1. The molecule has 2 N–H and O–H groups in total. The summed E-state index contributed by atoms with van der Waals surface area (Å²) < 4.78 is 4.68. The SMILES string of the molecule is COC(=O)C(C)CN(C)C(=O)C1(C(N)=S)CCCCC1. The van der Waals surface area contributed by atoms with Crippen molar-refractivity contribution >= 4 is 29.1 Å². The summed E-state index contributed by atoms with van der Waals surface area (Å²) in [4.78, 5) is 26.0. The van der Waals surface area contributed by atoms with E-state index in [0.717, 1.165) is 19.3 Å². The molecule has 0 heterocycles. The molecule has 1 amide bonds. The predicted octanol–water partition coefficient (Wildman–Crippen LogP) is 1.49. The molecule has 5 nitrogen and oxygen atoms in total. The van der Waals surface area contributed by atoms with E-state index in [1.165, 1.54) is 7.11 Å².